The van der Waals surface area contributed by atoms with Crippen molar-refractivity contribution in [1.82, 2.24) is 10.3 Å². The lowest BCUT2D eigenvalue weighted by molar-refractivity contribution is 0.304. The van der Waals surface area contributed by atoms with Gasteiger partial charge in [0, 0.05) is 35.1 Å². The Morgan fingerprint density at radius 3 is 2.80 bits per heavy atom. The van der Waals surface area contributed by atoms with Crippen molar-refractivity contribution in [1.29, 1.82) is 0 Å². The molecule has 0 bridgehead atoms. The number of nitrogens with one attached hydrogen (secondary N) is 1. The van der Waals surface area contributed by atoms with Crippen LogP contribution in [0.25, 0.3) is 11.1 Å². The van der Waals surface area contributed by atoms with Crippen LogP contribution in [0.4, 0.5) is 0 Å². The van der Waals surface area contributed by atoms with Crippen LogP contribution in [0.3, 0.4) is 0 Å². The van der Waals surface area contributed by atoms with Gasteiger partial charge in [0.05, 0.1) is 6.10 Å². The van der Waals surface area contributed by atoms with Crippen molar-refractivity contribution in [2.24, 2.45) is 0 Å². The van der Waals surface area contributed by atoms with Crippen LogP contribution < -0.4 is 10.1 Å². The minimum Gasteiger partial charge on any atom is -0.490 e. The average Bonchev–Trinajstić information content (AvgIpc) is 3.69. The molecule has 0 unspecified atom stereocenters. The van der Waals surface area contributed by atoms with Gasteiger partial charge >= 0.3 is 0 Å². The molecule has 30 heavy (non-hydrogen) atoms. The monoisotopic (exact) mass is 422 g/mol. The van der Waals surface area contributed by atoms with Crippen LogP contribution >= 0.6 is 11.6 Å². The standard InChI is InChI=1S/C26H31ClN2O/c1-3-4-5-9-24(27)19(2)17-29-26(14-15-26)23-18-28-16-13-21(23)22-8-6-7-10-25(22)30-20-11-12-20/h6-10,13,16,18,20,29H,2-5,11-12,14-15,17H2,1H3/b24-9+. The van der Waals surface area contributed by atoms with Gasteiger partial charge < -0.3 is 10.1 Å². The summed E-state index contributed by atoms with van der Waals surface area (Å²) in [7, 11) is 0. The molecule has 158 valence electrons. The molecule has 0 amide bonds. The summed E-state index contributed by atoms with van der Waals surface area (Å²) in [6.07, 6.45) is 14.1. The lowest BCUT2D eigenvalue weighted by Crippen LogP contribution is -2.31. The number of pyridine rings is 1. The lowest BCUT2D eigenvalue weighted by Gasteiger charge is -2.22. The van der Waals surface area contributed by atoms with Gasteiger partial charge in [-0.25, -0.2) is 0 Å². The van der Waals surface area contributed by atoms with E-state index in [1.54, 1.807) is 0 Å². The molecular weight excluding hydrogens is 392 g/mol. The Morgan fingerprint density at radius 2 is 2.07 bits per heavy atom. The largest absolute Gasteiger partial charge is 0.490 e. The van der Waals surface area contributed by atoms with Crippen molar-refractivity contribution >= 4 is 11.6 Å². The van der Waals surface area contributed by atoms with Gasteiger partial charge in [-0.05, 0) is 60.9 Å². The number of para-hydroxylation sites is 1. The van der Waals surface area contributed by atoms with Crippen molar-refractivity contribution < 1.29 is 4.74 Å². The first-order valence-electron chi connectivity index (χ1n) is 11.1. The van der Waals surface area contributed by atoms with Gasteiger partial charge in [-0.1, -0.05) is 62.2 Å². The number of unbranched alkanes of at least 4 members (excludes halogenated alkanes) is 2. The molecule has 4 rings (SSSR count). The average molecular weight is 423 g/mol. The third kappa shape index (κ3) is 4.96. The molecule has 0 aliphatic heterocycles. The maximum atomic E-state index is 6.46. The minimum atomic E-state index is -0.0696. The third-order valence-corrected chi connectivity index (χ3v) is 6.36. The SMILES string of the molecule is C=C(CNC1(c2cnccc2-c2ccccc2OC2CC2)CC1)/C(Cl)=C\CCCC. The Bertz CT molecular complexity index is 928. The summed E-state index contributed by atoms with van der Waals surface area (Å²) < 4.78 is 6.20. The van der Waals surface area contributed by atoms with Crippen LogP contribution in [-0.2, 0) is 5.54 Å². The van der Waals surface area contributed by atoms with Crippen LogP contribution in [-0.4, -0.2) is 17.6 Å². The van der Waals surface area contributed by atoms with Gasteiger partial charge in [0.15, 0.2) is 0 Å². The molecule has 3 nitrogen and oxygen atoms in total. The molecule has 1 N–H and O–H groups in total. The first kappa shape index (κ1) is 21.1. The molecule has 2 aromatic rings. The molecule has 1 aromatic heterocycles. The Hall–Kier alpha value is -2.10. The zero-order valence-electron chi connectivity index (χ0n) is 17.8. The Kier molecular flexibility index (Phi) is 6.60. The number of hydrogen-bond acceptors (Lipinski definition) is 3. The number of halogens is 1. The van der Waals surface area contributed by atoms with Gasteiger partial charge in [0.1, 0.15) is 5.75 Å². The lowest BCUT2D eigenvalue weighted by atomic mass is 9.94. The van der Waals surface area contributed by atoms with Gasteiger partial charge in [-0.15, -0.1) is 0 Å². The van der Waals surface area contributed by atoms with E-state index >= 15 is 0 Å². The summed E-state index contributed by atoms with van der Waals surface area (Å²) in [4.78, 5) is 4.45. The Balaban J connectivity index is 1.53. The molecule has 0 spiro atoms. The normalized spacial score (nSPS) is 17.6. The molecule has 1 aromatic carbocycles. The molecule has 2 fully saturated rings. The highest BCUT2D eigenvalue weighted by Gasteiger charge is 2.45. The maximum absolute atomic E-state index is 6.46. The Labute approximate surface area is 185 Å². The third-order valence-electron chi connectivity index (χ3n) is 5.94. The maximum Gasteiger partial charge on any atom is 0.127 e. The zero-order valence-corrected chi connectivity index (χ0v) is 18.5. The van der Waals surface area contributed by atoms with Crippen molar-refractivity contribution in [3.63, 3.8) is 0 Å². The van der Waals surface area contributed by atoms with E-state index in [9.17, 15) is 0 Å². The molecule has 0 saturated heterocycles. The number of ether oxygens (including phenoxy) is 1. The van der Waals surface area contributed by atoms with Gasteiger partial charge in [0.25, 0.3) is 0 Å². The molecule has 2 aliphatic rings. The second-order valence-electron chi connectivity index (χ2n) is 8.47. The van der Waals surface area contributed by atoms with E-state index in [4.69, 9.17) is 16.3 Å². The van der Waals surface area contributed by atoms with E-state index in [1.165, 1.54) is 17.5 Å². The fourth-order valence-electron chi connectivity index (χ4n) is 3.77. The predicted octanol–water partition coefficient (Wildman–Crippen LogP) is 6.74. The molecule has 0 radical (unpaired) electrons. The summed E-state index contributed by atoms with van der Waals surface area (Å²) in [5, 5.41) is 4.51. The smallest absolute Gasteiger partial charge is 0.127 e. The molecular formula is C26H31ClN2O. The number of rotatable bonds is 11. The van der Waals surface area contributed by atoms with Gasteiger partial charge in [0.2, 0.25) is 0 Å². The molecule has 0 atom stereocenters. The van der Waals surface area contributed by atoms with Crippen molar-refractivity contribution in [2.45, 2.75) is 63.5 Å². The van der Waals surface area contributed by atoms with Crippen molar-refractivity contribution in [2.75, 3.05) is 6.54 Å². The van der Waals surface area contributed by atoms with E-state index < -0.39 is 0 Å². The summed E-state index contributed by atoms with van der Waals surface area (Å²) >= 11 is 6.46. The quantitative estimate of drug-likeness (QED) is 0.321. The number of nitrogens with zero attached hydrogens (tertiary/aromatic N) is 1. The van der Waals surface area contributed by atoms with Gasteiger partial charge in [-0.3, -0.25) is 4.98 Å². The molecule has 2 saturated carbocycles. The van der Waals surface area contributed by atoms with Crippen LogP contribution in [0.1, 0.15) is 57.4 Å². The highest BCUT2D eigenvalue weighted by molar-refractivity contribution is 6.31. The molecule has 4 heteroatoms. The number of allylic oxidation sites excluding steroid dienone is 1. The fourth-order valence-corrected chi connectivity index (χ4v) is 3.95. The van der Waals surface area contributed by atoms with Crippen molar-refractivity contribution in [3.05, 3.63) is 71.5 Å². The first-order valence-corrected chi connectivity index (χ1v) is 11.5. The summed E-state index contributed by atoms with van der Waals surface area (Å²) in [6.45, 7) is 7.06. The van der Waals surface area contributed by atoms with Crippen molar-refractivity contribution in [3.8, 4) is 16.9 Å². The highest BCUT2D eigenvalue weighted by atomic mass is 35.5. The van der Waals surface area contributed by atoms with Crippen LogP contribution in [0.5, 0.6) is 5.75 Å². The van der Waals surface area contributed by atoms with Gasteiger partial charge in [-0.2, -0.15) is 0 Å². The molecule has 2 aliphatic carbocycles. The predicted molar refractivity (Wildman–Crippen MR) is 125 cm³/mol. The number of benzene rings is 1. The number of hydrogen-bond donors (Lipinski definition) is 1. The van der Waals surface area contributed by atoms with E-state index in [0.29, 0.717) is 12.6 Å². The van der Waals surface area contributed by atoms with E-state index in [2.05, 4.69) is 54.1 Å². The zero-order chi connectivity index (χ0) is 21.0. The summed E-state index contributed by atoms with van der Waals surface area (Å²) in [6, 6.07) is 10.5. The second-order valence-corrected chi connectivity index (χ2v) is 8.88. The second kappa shape index (κ2) is 9.36. The van der Waals surface area contributed by atoms with Crippen LogP contribution in [0.2, 0.25) is 0 Å². The summed E-state index contributed by atoms with van der Waals surface area (Å²) in [5.41, 5.74) is 4.45. The van der Waals surface area contributed by atoms with E-state index in [1.807, 2.05) is 18.5 Å². The van der Waals surface area contributed by atoms with Crippen LogP contribution in [0.15, 0.2) is 66.0 Å². The first-order chi connectivity index (χ1) is 14.6. The Morgan fingerprint density at radius 1 is 1.27 bits per heavy atom. The number of aromatic nitrogens is 1. The minimum absolute atomic E-state index is 0.0696. The van der Waals surface area contributed by atoms with Crippen LogP contribution in [0, 0.1) is 0 Å². The summed E-state index contributed by atoms with van der Waals surface area (Å²) in [5.74, 6) is 0.967. The topological polar surface area (TPSA) is 34.2 Å². The van der Waals surface area contributed by atoms with E-state index in [0.717, 1.165) is 60.4 Å². The highest BCUT2D eigenvalue weighted by Crippen LogP contribution is 2.50. The van der Waals surface area contributed by atoms with E-state index in [-0.39, 0.29) is 5.54 Å². The molecule has 1 heterocycles. The fraction of sp³-hybridized carbons (Fsp3) is 0.423.